The van der Waals surface area contributed by atoms with Crippen molar-refractivity contribution in [2.24, 2.45) is 7.05 Å². The van der Waals surface area contributed by atoms with E-state index in [2.05, 4.69) is 33.0 Å². The molecule has 5 heteroatoms. The molecule has 0 aromatic carbocycles. The second-order valence-corrected chi connectivity index (χ2v) is 4.53. The van der Waals surface area contributed by atoms with Gasteiger partial charge in [-0.05, 0) is 26.5 Å². The van der Waals surface area contributed by atoms with E-state index in [1.165, 1.54) is 0 Å². The van der Waals surface area contributed by atoms with E-state index in [1.807, 2.05) is 38.1 Å². The first kappa shape index (κ1) is 12.8. The van der Waals surface area contributed by atoms with Gasteiger partial charge in [0.15, 0.2) is 0 Å². The van der Waals surface area contributed by atoms with Gasteiger partial charge in [0.25, 0.3) is 0 Å². The van der Waals surface area contributed by atoms with Crippen LogP contribution in [0.1, 0.15) is 36.6 Å². The van der Waals surface area contributed by atoms with Gasteiger partial charge in [0, 0.05) is 26.0 Å². The maximum absolute atomic E-state index is 4.49. The minimum atomic E-state index is 0.0812. The first-order chi connectivity index (χ1) is 8.67. The van der Waals surface area contributed by atoms with E-state index in [0.717, 1.165) is 30.2 Å². The largest absolute Gasteiger partial charge is 0.333 e. The Balaban J connectivity index is 2.39. The number of nitrogens with zero attached hydrogens (tertiary/aromatic N) is 4. The fourth-order valence-electron chi connectivity index (χ4n) is 2.32. The van der Waals surface area contributed by atoms with Crippen molar-refractivity contribution in [2.75, 3.05) is 7.05 Å². The second-order valence-electron chi connectivity index (χ2n) is 4.53. The molecule has 1 unspecified atom stereocenters. The molecule has 1 atom stereocenters. The van der Waals surface area contributed by atoms with Gasteiger partial charge >= 0.3 is 0 Å². The molecule has 2 aromatic heterocycles. The predicted octanol–water partition coefficient (Wildman–Crippen LogP) is 1.64. The second kappa shape index (κ2) is 5.35. The number of hydrogen-bond donors (Lipinski definition) is 1. The number of hydrogen-bond acceptors (Lipinski definition) is 3. The van der Waals surface area contributed by atoms with E-state index in [4.69, 9.17) is 0 Å². The lowest BCUT2D eigenvalue weighted by molar-refractivity contribution is 0.535. The standard InChI is InChI=1S/C13H21N5/c1-5-7-18-8-6-15-13(18)12(14-3)11-9-10(2)16-17(11)4/h6,8-9,12,14H,5,7H2,1-4H3. The van der Waals surface area contributed by atoms with E-state index < -0.39 is 0 Å². The Bertz CT molecular complexity index is 511. The summed E-state index contributed by atoms with van der Waals surface area (Å²) in [7, 11) is 3.93. The van der Waals surface area contributed by atoms with Gasteiger partial charge in [0.05, 0.1) is 11.4 Å². The number of rotatable bonds is 5. The molecular formula is C13H21N5. The lowest BCUT2D eigenvalue weighted by Crippen LogP contribution is -2.24. The van der Waals surface area contributed by atoms with Crippen LogP contribution in [0.3, 0.4) is 0 Å². The average Bonchev–Trinajstić information content (AvgIpc) is 2.89. The molecule has 0 radical (unpaired) electrons. The van der Waals surface area contributed by atoms with Crippen LogP contribution >= 0.6 is 0 Å². The summed E-state index contributed by atoms with van der Waals surface area (Å²) >= 11 is 0. The summed E-state index contributed by atoms with van der Waals surface area (Å²) in [5.41, 5.74) is 2.17. The summed E-state index contributed by atoms with van der Waals surface area (Å²) in [4.78, 5) is 4.49. The molecule has 98 valence electrons. The molecule has 1 N–H and O–H groups in total. The van der Waals surface area contributed by atoms with Crippen LogP contribution in [-0.4, -0.2) is 26.4 Å². The number of imidazole rings is 1. The van der Waals surface area contributed by atoms with Crippen molar-refractivity contribution in [3.8, 4) is 0 Å². The highest BCUT2D eigenvalue weighted by Gasteiger charge is 2.20. The Morgan fingerprint density at radius 2 is 2.22 bits per heavy atom. The van der Waals surface area contributed by atoms with Gasteiger partial charge in [-0.25, -0.2) is 4.98 Å². The maximum atomic E-state index is 4.49. The van der Waals surface area contributed by atoms with Crippen molar-refractivity contribution >= 4 is 0 Å². The third-order valence-corrected chi connectivity index (χ3v) is 3.09. The van der Waals surface area contributed by atoms with Gasteiger partial charge in [0.1, 0.15) is 11.9 Å². The van der Waals surface area contributed by atoms with Crippen LogP contribution in [0.4, 0.5) is 0 Å². The molecule has 5 nitrogen and oxygen atoms in total. The third kappa shape index (κ3) is 2.31. The van der Waals surface area contributed by atoms with E-state index in [-0.39, 0.29) is 6.04 Å². The maximum Gasteiger partial charge on any atom is 0.132 e. The Labute approximate surface area is 108 Å². The normalized spacial score (nSPS) is 12.9. The highest BCUT2D eigenvalue weighted by atomic mass is 15.3. The predicted molar refractivity (Wildman–Crippen MR) is 71.4 cm³/mol. The SMILES string of the molecule is CCCn1ccnc1C(NC)c1cc(C)nn1C. The highest BCUT2D eigenvalue weighted by molar-refractivity contribution is 5.20. The monoisotopic (exact) mass is 247 g/mol. The van der Waals surface area contributed by atoms with Crippen LogP contribution in [0.2, 0.25) is 0 Å². The summed E-state index contributed by atoms with van der Waals surface area (Å²) in [5.74, 6) is 1.04. The zero-order chi connectivity index (χ0) is 13.1. The molecule has 0 aliphatic carbocycles. The summed E-state index contributed by atoms with van der Waals surface area (Å²) in [6.07, 6.45) is 5.00. The number of nitrogens with one attached hydrogen (secondary N) is 1. The van der Waals surface area contributed by atoms with E-state index in [1.54, 1.807) is 0 Å². The Kier molecular flexibility index (Phi) is 3.81. The lowest BCUT2D eigenvalue weighted by Gasteiger charge is -2.17. The summed E-state index contributed by atoms with van der Waals surface area (Å²) < 4.78 is 4.12. The molecule has 0 aliphatic heterocycles. The van der Waals surface area contributed by atoms with Crippen molar-refractivity contribution in [2.45, 2.75) is 32.9 Å². The zero-order valence-corrected chi connectivity index (χ0v) is 11.5. The van der Waals surface area contributed by atoms with Crippen molar-refractivity contribution < 1.29 is 0 Å². The van der Waals surface area contributed by atoms with E-state index >= 15 is 0 Å². The molecule has 0 bridgehead atoms. The molecule has 2 heterocycles. The summed E-state index contributed by atoms with van der Waals surface area (Å²) in [6, 6.07) is 2.18. The Morgan fingerprint density at radius 1 is 1.44 bits per heavy atom. The molecule has 2 aromatic rings. The lowest BCUT2D eigenvalue weighted by atomic mass is 10.2. The molecule has 0 saturated carbocycles. The highest BCUT2D eigenvalue weighted by Crippen LogP contribution is 2.20. The first-order valence-electron chi connectivity index (χ1n) is 6.36. The Morgan fingerprint density at radius 3 is 2.78 bits per heavy atom. The molecule has 0 spiro atoms. The fraction of sp³-hybridized carbons (Fsp3) is 0.538. The van der Waals surface area contributed by atoms with Gasteiger partial charge in [0.2, 0.25) is 0 Å². The van der Waals surface area contributed by atoms with Crippen LogP contribution in [0.15, 0.2) is 18.5 Å². The van der Waals surface area contributed by atoms with Crippen molar-refractivity contribution in [3.63, 3.8) is 0 Å². The van der Waals surface area contributed by atoms with E-state index in [9.17, 15) is 0 Å². The fourth-order valence-corrected chi connectivity index (χ4v) is 2.32. The molecule has 0 aliphatic rings. The van der Waals surface area contributed by atoms with Crippen LogP contribution in [-0.2, 0) is 13.6 Å². The molecule has 0 fully saturated rings. The van der Waals surface area contributed by atoms with Gasteiger partial charge in [-0.3, -0.25) is 4.68 Å². The minimum absolute atomic E-state index is 0.0812. The smallest absolute Gasteiger partial charge is 0.132 e. The van der Waals surface area contributed by atoms with E-state index in [0.29, 0.717) is 0 Å². The number of aryl methyl sites for hydroxylation is 3. The van der Waals surface area contributed by atoms with Gasteiger partial charge in [-0.2, -0.15) is 5.10 Å². The van der Waals surface area contributed by atoms with Gasteiger partial charge in [-0.1, -0.05) is 6.92 Å². The quantitative estimate of drug-likeness (QED) is 0.874. The molecular weight excluding hydrogens is 226 g/mol. The van der Waals surface area contributed by atoms with Gasteiger partial charge < -0.3 is 9.88 Å². The number of aromatic nitrogens is 4. The van der Waals surface area contributed by atoms with Crippen LogP contribution in [0.5, 0.6) is 0 Å². The van der Waals surface area contributed by atoms with Crippen molar-refractivity contribution in [1.29, 1.82) is 0 Å². The van der Waals surface area contributed by atoms with Crippen LogP contribution in [0.25, 0.3) is 0 Å². The topological polar surface area (TPSA) is 47.7 Å². The van der Waals surface area contributed by atoms with Crippen LogP contribution in [0, 0.1) is 6.92 Å². The summed E-state index contributed by atoms with van der Waals surface area (Å²) in [5, 5.41) is 7.73. The third-order valence-electron chi connectivity index (χ3n) is 3.09. The van der Waals surface area contributed by atoms with Crippen molar-refractivity contribution in [3.05, 3.63) is 35.7 Å². The molecule has 18 heavy (non-hydrogen) atoms. The van der Waals surface area contributed by atoms with Crippen molar-refractivity contribution in [1.82, 2.24) is 24.6 Å². The Hall–Kier alpha value is -1.62. The minimum Gasteiger partial charge on any atom is -0.333 e. The average molecular weight is 247 g/mol. The summed E-state index contributed by atoms with van der Waals surface area (Å²) in [6.45, 7) is 5.17. The molecule has 2 rings (SSSR count). The zero-order valence-electron chi connectivity index (χ0n) is 11.5. The van der Waals surface area contributed by atoms with Crippen LogP contribution < -0.4 is 5.32 Å². The molecule has 0 amide bonds. The van der Waals surface area contributed by atoms with Gasteiger partial charge in [-0.15, -0.1) is 0 Å². The first-order valence-corrected chi connectivity index (χ1v) is 6.36. The molecule has 0 saturated heterocycles.